The molecule has 1 heterocycles. The highest BCUT2D eigenvalue weighted by Gasteiger charge is 2.15. The molecule has 3 heteroatoms. The molecule has 0 atom stereocenters. The Labute approximate surface area is 271 Å². The maximum atomic E-state index is 9.49. The monoisotopic (exact) mass is 598 g/mol. The molecule has 0 aliphatic heterocycles. The summed E-state index contributed by atoms with van der Waals surface area (Å²) in [5.74, 6) is 1.48. The summed E-state index contributed by atoms with van der Waals surface area (Å²) in [5.41, 5.74) is 7.45. The normalized spacial score (nSPS) is 11.4. The van der Waals surface area contributed by atoms with Gasteiger partial charge in [0.25, 0.3) is 0 Å². The fourth-order valence-electron chi connectivity index (χ4n) is 6.94. The first-order chi connectivity index (χ1) is 23.2. The quantitative estimate of drug-likeness (QED) is 0.185. The molecule has 0 radical (unpaired) electrons. The predicted octanol–water partition coefficient (Wildman–Crippen LogP) is 11.8. The molecule has 9 aromatic rings. The molecular weight excluding hydrogens is 572 g/mol. The summed E-state index contributed by atoms with van der Waals surface area (Å²) in [6.45, 7) is 0. The zero-order valence-electron chi connectivity index (χ0n) is 25.3. The number of aromatic nitrogens is 1. The summed E-state index contributed by atoms with van der Waals surface area (Å²) in [6, 6.07) is 54.8. The third kappa shape index (κ3) is 4.47. The minimum atomic E-state index is 0.642. The van der Waals surface area contributed by atoms with Crippen molar-refractivity contribution in [2.24, 2.45) is 0 Å². The van der Waals surface area contributed by atoms with Crippen molar-refractivity contribution in [3.8, 4) is 51.1 Å². The standard InChI is InChI=1S/C44H26N2O/c45-27-33-18-25-42(38-6-2-1-5-35(33)38)47-34-19-12-29(13-20-34)28-8-10-30(11-9-28)36-21-14-31-17-24-40-37(41-7-3-4-26-46-41)22-15-32-16-23-39(36)43(31)44(32)40/h1-26H. The summed E-state index contributed by atoms with van der Waals surface area (Å²) < 4.78 is 6.27. The van der Waals surface area contributed by atoms with E-state index < -0.39 is 0 Å². The number of benzene rings is 8. The second-order valence-electron chi connectivity index (χ2n) is 11.8. The van der Waals surface area contributed by atoms with Gasteiger partial charge in [-0.1, -0.05) is 115 Å². The van der Waals surface area contributed by atoms with Crippen LogP contribution in [-0.2, 0) is 0 Å². The summed E-state index contributed by atoms with van der Waals surface area (Å²) in [6.07, 6.45) is 1.86. The number of hydrogen-bond donors (Lipinski definition) is 0. The minimum Gasteiger partial charge on any atom is -0.457 e. The van der Waals surface area contributed by atoms with Crippen LogP contribution < -0.4 is 4.74 Å². The van der Waals surface area contributed by atoms with Gasteiger partial charge < -0.3 is 4.74 Å². The molecule has 1 aromatic heterocycles. The van der Waals surface area contributed by atoms with Crippen molar-refractivity contribution in [1.29, 1.82) is 5.26 Å². The highest BCUT2D eigenvalue weighted by molar-refractivity contribution is 6.27. The Hall–Kier alpha value is -6.50. The van der Waals surface area contributed by atoms with E-state index in [1.807, 2.05) is 66.9 Å². The SMILES string of the molecule is N#Cc1ccc(Oc2ccc(-c3ccc(-c4ccc5ccc6c(-c7ccccn7)ccc7ccc4c5c76)cc3)cc2)c2ccccc12. The molecule has 9 rings (SSSR count). The summed E-state index contributed by atoms with van der Waals surface area (Å²) >= 11 is 0. The molecule has 47 heavy (non-hydrogen) atoms. The maximum Gasteiger partial charge on any atom is 0.135 e. The summed E-state index contributed by atoms with van der Waals surface area (Å²) in [4.78, 5) is 4.65. The van der Waals surface area contributed by atoms with Gasteiger partial charge in [0.2, 0.25) is 0 Å². The molecule has 0 aliphatic rings. The van der Waals surface area contributed by atoms with Crippen molar-refractivity contribution >= 4 is 43.1 Å². The number of nitrogens with zero attached hydrogens (tertiary/aromatic N) is 2. The minimum absolute atomic E-state index is 0.642. The lowest BCUT2D eigenvalue weighted by molar-refractivity contribution is 0.488. The Kier molecular flexibility index (Phi) is 6.19. The van der Waals surface area contributed by atoms with Gasteiger partial charge in [-0.25, -0.2) is 0 Å². The van der Waals surface area contributed by atoms with E-state index in [9.17, 15) is 5.26 Å². The predicted molar refractivity (Wildman–Crippen MR) is 193 cm³/mol. The van der Waals surface area contributed by atoms with E-state index in [1.54, 1.807) is 0 Å². The Bertz CT molecular complexity index is 2630. The maximum absolute atomic E-state index is 9.49. The number of nitriles is 1. The van der Waals surface area contributed by atoms with Crippen LogP contribution in [0.15, 0.2) is 158 Å². The number of rotatable bonds is 5. The topological polar surface area (TPSA) is 45.9 Å². The lowest BCUT2D eigenvalue weighted by Crippen LogP contribution is -1.90. The van der Waals surface area contributed by atoms with Crippen LogP contribution in [0.3, 0.4) is 0 Å². The van der Waals surface area contributed by atoms with E-state index in [2.05, 4.69) is 102 Å². The third-order valence-corrected chi connectivity index (χ3v) is 9.22. The van der Waals surface area contributed by atoms with Gasteiger partial charge in [-0.15, -0.1) is 0 Å². The van der Waals surface area contributed by atoms with Gasteiger partial charge in [-0.05, 0) is 91.0 Å². The average molecular weight is 599 g/mol. The highest BCUT2D eigenvalue weighted by Crippen LogP contribution is 2.42. The van der Waals surface area contributed by atoms with E-state index in [-0.39, 0.29) is 0 Å². The Balaban J connectivity index is 1.05. The Morgan fingerprint density at radius 2 is 1.06 bits per heavy atom. The molecule has 0 unspecified atom stereocenters. The molecule has 0 amide bonds. The van der Waals surface area contributed by atoms with Crippen LogP contribution in [0.25, 0.3) is 76.6 Å². The molecule has 218 valence electrons. The number of hydrogen-bond acceptors (Lipinski definition) is 3. The summed E-state index contributed by atoms with van der Waals surface area (Å²) in [7, 11) is 0. The van der Waals surface area contributed by atoms with Crippen LogP contribution in [0.1, 0.15) is 5.56 Å². The van der Waals surface area contributed by atoms with Crippen molar-refractivity contribution in [3.63, 3.8) is 0 Å². The van der Waals surface area contributed by atoms with Gasteiger partial charge in [0, 0.05) is 22.5 Å². The molecule has 0 saturated heterocycles. The van der Waals surface area contributed by atoms with E-state index in [4.69, 9.17) is 4.74 Å². The van der Waals surface area contributed by atoms with Crippen LogP contribution in [0.4, 0.5) is 0 Å². The number of ether oxygens (including phenoxy) is 1. The lowest BCUT2D eigenvalue weighted by atomic mass is 9.87. The van der Waals surface area contributed by atoms with Crippen molar-refractivity contribution in [2.75, 3.05) is 0 Å². The Morgan fingerprint density at radius 1 is 0.468 bits per heavy atom. The molecule has 0 saturated carbocycles. The second kappa shape index (κ2) is 10.8. The molecule has 0 N–H and O–H groups in total. The first-order valence-electron chi connectivity index (χ1n) is 15.7. The van der Waals surface area contributed by atoms with Gasteiger partial charge in [-0.3, -0.25) is 4.98 Å². The fourth-order valence-corrected chi connectivity index (χ4v) is 6.94. The van der Waals surface area contributed by atoms with Gasteiger partial charge in [0.15, 0.2) is 0 Å². The van der Waals surface area contributed by atoms with E-state index in [0.29, 0.717) is 5.56 Å². The van der Waals surface area contributed by atoms with Gasteiger partial charge >= 0.3 is 0 Å². The van der Waals surface area contributed by atoms with Crippen LogP contribution in [0, 0.1) is 11.3 Å². The molecular formula is C44H26N2O. The molecule has 0 spiro atoms. The van der Waals surface area contributed by atoms with Crippen molar-refractivity contribution in [3.05, 3.63) is 163 Å². The van der Waals surface area contributed by atoms with Gasteiger partial charge in [0.1, 0.15) is 11.5 Å². The zero-order chi connectivity index (χ0) is 31.3. The van der Waals surface area contributed by atoms with Crippen molar-refractivity contribution in [1.82, 2.24) is 4.98 Å². The van der Waals surface area contributed by atoms with Gasteiger partial charge in [0.05, 0.1) is 17.3 Å². The second-order valence-corrected chi connectivity index (χ2v) is 11.8. The molecule has 8 aromatic carbocycles. The fraction of sp³-hybridized carbons (Fsp3) is 0. The highest BCUT2D eigenvalue weighted by atomic mass is 16.5. The number of pyridine rings is 1. The van der Waals surface area contributed by atoms with Crippen LogP contribution in [0.2, 0.25) is 0 Å². The molecule has 0 bridgehead atoms. The third-order valence-electron chi connectivity index (χ3n) is 9.22. The van der Waals surface area contributed by atoms with E-state index in [0.717, 1.165) is 44.7 Å². The zero-order valence-corrected chi connectivity index (χ0v) is 25.3. The van der Waals surface area contributed by atoms with Crippen LogP contribution in [-0.4, -0.2) is 4.98 Å². The smallest absolute Gasteiger partial charge is 0.135 e. The van der Waals surface area contributed by atoms with Crippen LogP contribution in [0.5, 0.6) is 11.5 Å². The lowest BCUT2D eigenvalue weighted by Gasteiger charge is -2.16. The summed E-state index contributed by atoms with van der Waals surface area (Å²) in [5, 5.41) is 18.9. The van der Waals surface area contributed by atoms with Crippen LogP contribution >= 0.6 is 0 Å². The van der Waals surface area contributed by atoms with E-state index in [1.165, 1.54) is 43.4 Å². The first-order valence-corrected chi connectivity index (χ1v) is 15.7. The molecule has 3 nitrogen and oxygen atoms in total. The number of fused-ring (bicyclic) bond motifs is 1. The van der Waals surface area contributed by atoms with E-state index >= 15 is 0 Å². The molecule has 0 fully saturated rings. The first kappa shape index (κ1) is 26.9. The Morgan fingerprint density at radius 3 is 1.74 bits per heavy atom. The van der Waals surface area contributed by atoms with Gasteiger partial charge in [-0.2, -0.15) is 5.26 Å². The van der Waals surface area contributed by atoms with Crippen molar-refractivity contribution < 1.29 is 4.74 Å². The largest absolute Gasteiger partial charge is 0.457 e. The van der Waals surface area contributed by atoms with Crippen molar-refractivity contribution in [2.45, 2.75) is 0 Å². The molecule has 0 aliphatic carbocycles. The average Bonchev–Trinajstić information content (AvgIpc) is 3.14.